The maximum atomic E-state index is 10.7. The van der Waals surface area contributed by atoms with Crippen LogP contribution in [0, 0.1) is 0 Å². The molecule has 0 N–H and O–H groups in total. The van der Waals surface area contributed by atoms with Gasteiger partial charge in [-0.15, -0.1) is 0 Å². The third kappa shape index (κ3) is 2.07. The molecule has 82 valence electrons. The molecule has 1 heterocycles. The molecule has 0 unspecified atom stereocenters. The van der Waals surface area contributed by atoms with Gasteiger partial charge in [-0.2, -0.15) is 5.10 Å². The summed E-state index contributed by atoms with van der Waals surface area (Å²) in [6, 6.07) is 9.65. The van der Waals surface area contributed by atoms with Crippen LogP contribution in [0.2, 0.25) is 0 Å². The van der Waals surface area contributed by atoms with E-state index in [0.29, 0.717) is 5.69 Å². The number of nitrogens with zero attached hydrogens (tertiary/aromatic N) is 2. The Morgan fingerprint density at radius 2 is 2.06 bits per heavy atom. The molecule has 1 aromatic carbocycles. The lowest BCUT2D eigenvalue weighted by atomic mass is 10.3. The van der Waals surface area contributed by atoms with Gasteiger partial charge in [-0.25, -0.2) is 4.68 Å². The van der Waals surface area contributed by atoms with Crippen LogP contribution in [0.4, 0.5) is 0 Å². The van der Waals surface area contributed by atoms with Gasteiger partial charge in [0.25, 0.3) is 0 Å². The number of benzene rings is 1. The molecule has 2 rings (SSSR count). The molecule has 0 bridgehead atoms. The Morgan fingerprint density at radius 1 is 1.38 bits per heavy atom. The van der Waals surface area contributed by atoms with Crippen molar-refractivity contribution in [2.24, 2.45) is 0 Å². The average Bonchev–Trinajstić information content (AvgIpc) is 2.73. The molecule has 0 radical (unpaired) electrons. The number of hydrogen-bond acceptors (Lipinski definition) is 2. The molecule has 0 aliphatic carbocycles. The van der Waals surface area contributed by atoms with Crippen molar-refractivity contribution < 1.29 is 4.79 Å². The van der Waals surface area contributed by atoms with E-state index < -0.39 is 0 Å². The van der Waals surface area contributed by atoms with Crippen molar-refractivity contribution in [3.8, 4) is 5.69 Å². The minimum Gasteiger partial charge on any atom is -0.296 e. The minimum atomic E-state index is 0.472. The van der Waals surface area contributed by atoms with Crippen LogP contribution < -0.4 is 0 Å². The van der Waals surface area contributed by atoms with Crippen LogP contribution in [0.1, 0.15) is 23.1 Å². The van der Waals surface area contributed by atoms with Crippen LogP contribution in [0.25, 0.3) is 5.69 Å². The highest BCUT2D eigenvalue weighted by molar-refractivity contribution is 9.10. The van der Waals surface area contributed by atoms with Crippen LogP contribution in [0.5, 0.6) is 0 Å². The molecule has 0 aliphatic rings. The highest BCUT2D eigenvalue weighted by atomic mass is 79.9. The number of halogens is 1. The Kier molecular flexibility index (Phi) is 3.19. The van der Waals surface area contributed by atoms with Gasteiger partial charge in [0.1, 0.15) is 5.69 Å². The Balaban J connectivity index is 2.49. The van der Waals surface area contributed by atoms with E-state index in [1.165, 1.54) is 0 Å². The molecule has 0 spiro atoms. The number of rotatable bonds is 3. The first-order valence-corrected chi connectivity index (χ1v) is 5.84. The summed E-state index contributed by atoms with van der Waals surface area (Å²) < 4.78 is 2.83. The van der Waals surface area contributed by atoms with Crippen molar-refractivity contribution in [2.75, 3.05) is 0 Å². The highest BCUT2D eigenvalue weighted by Crippen LogP contribution is 2.16. The van der Waals surface area contributed by atoms with Crippen molar-refractivity contribution in [1.29, 1.82) is 0 Å². The molecule has 0 aliphatic heterocycles. The zero-order chi connectivity index (χ0) is 11.5. The van der Waals surface area contributed by atoms with Crippen molar-refractivity contribution >= 4 is 22.2 Å². The van der Waals surface area contributed by atoms with Crippen molar-refractivity contribution in [3.63, 3.8) is 0 Å². The van der Waals surface area contributed by atoms with Crippen molar-refractivity contribution in [3.05, 3.63) is 46.2 Å². The molecule has 3 nitrogen and oxygen atoms in total. The topological polar surface area (TPSA) is 34.9 Å². The van der Waals surface area contributed by atoms with E-state index in [-0.39, 0.29) is 0 Å². The van der Waals surface area contributed by atoms with Crippen molar-refractivity contribution in [1.82, 2.24) is 9.78 Å². The second kappa shape index (κ2) is 4.61. The van der Waals surface area contributed by atoms with E-state index in [4.69, 9.17) is 0 Å². The zero-order valence-corrected chi connectivity index (χ0v) is 10.4. The molecule has 0 amide bonds. The van der Waals surface area contributed by atoms with Crippen LogP contribution in [0.3, 0.4) is 0 Å². The monoisotopic (exact) mass is 278 g/mol. The normalized spacial score (nSPS) is 10.4. The summed E-state index contributed by atoms with van der Waals surface area (Å²) in [7, 11) is 0. The molecule has 1 aromatic heterocycles. The summed E-state index contributed by atoms with van der Waals surface area (Å²) in [6.45, 7) is 2.04. The largest absolute Gasteiger partial charge is 0.296 e. The molecule has 2 aromatic rings. The first-order chi connectivity index (χ1) is 7.74. The predicted octanol–water partition coefficient (Wildman–Crippen LogP) is 3.01. The van der Waals surface area contributed by atoms with Gasteiger partial charge in [0.15, 0.2) is 6.29 Å². The average molecular weight is 279 g/mol. The summed E-state index contributed by atoms with van der Waals surface area (Å²) in [6.07, 6.45) is 1.62. The Bertz CT molecular complexity index is 502. The maximum absolute atomic E-state index is 10.7. The number of aldehydes is 1. The van der Waals surface area contributed by atoms with Crippen LogP contribution >= 0.6 is 15.9 Å². The minimum absolute atomic E-state index is 0.472. The third-order valence-corrected chi connectivity index (χ3v) is 2.88. The van der Waals surface area contributed by atoms with E-state index in [1.54, 1.807) is 4.68 Å². The van der Waals surface area contributed by atoms with E-state index in [1.807, 2.05) is 37.3 Å². The number of carbonyl (C=O) groups is 1. The lowest BCUT2D eigenvalue weighted by Gasteiger charge is -2.05. The summed E-state index contributed by atoms with van der Waals surface area (Å²) in [5, 5.41) is 4.23. The molecule has 0 fully saturated rings. The molecule has 0 saturated carbocycles. The van der Waals surface area contributed by atoms with Crippen LogP contribution in [0.15, 0.2) is 34.8 Å². The number of carbonyl (C=O) groups excluding carboxylic acids is 1. The van der Waals surface area contributed by atoms with Gasteiger partial charge in [-0.05, 0) is 36.8 Å². The summed E-state index contributed by atoms with van der Waals surface area (Å²) in [5.74, 6) is 0. The number of aromatic nitrogens is 2. The first-order valence-electron chi connectivity index (χ1n) is 5.04. The van der Waals surface area contributed by atoms with Gasteiger partial charge in [-0.1, -0.05) is 22.9 Å². The summed E-state index contributed by atoms with van der Waals surface area (Å²) >= 11 is 3.39. The molecule has 0 atom stereocenters. The van der Waals surface area contributed by atoms with Gasteiger partial charge in [0.2, 0.25) is 0 Å². The lowest BCUT2D eigenvalue weighted by molar-refractivity contribution is 0.111. The Morgan fingerprint density at radius 3 is 2.62 bits per heavy atom. The van der Waals surface area contributed by atoms with Gasteiger partial charge >= 0.3 is 0 Å². The number of hydrogen-bond donors (Lipinski definition) is 0. The quantitative estimate of drug-likeness (QED) is 0.809. The van der Waals surface area contributed by atoms with Gasteiger partial charge in [0.05, 0.1) is 5.69 Å². The summed E-state index contributed by atoms with van der Waals surface area (Å²) in [5.41, 5.74) is 2.47. The second-order valence-electron chi connectivity index (χ2n) is 3.42. The predicted molar refractivity (Wildman–Crippen MR) is 66.0 cm³/mol. The highest BCUT2D eigenvalue weighted by Gasteiger charge is 2.07. The van der Waals surface area contributed by atoms with E-state index >= 15 is 0 Å². The molecule has 4 heteroatoms. The van der Waals surface area contributed by atoms with Gasteiger partial charge in [0, 0.05) is 10.2 Å². The SMILES string of the molecule is CCc1cc(C=O)nn1-c1ccc(Br)cc1. The fourth-order valence-corrected chi connectivity index (χ4v) is 1.82. The molecular formula is C12H11BrN2O. The Labute approximate surface area is 102 Å². The smallest absolute Gasteiger partial charge is 0.170 e. The number of aryl methyl sites for hydroxylation is 1. The van der Waals surface area contributed by atoms with Gasteiger partial charge < -0.3 is 0 Å². The van der Waals surface area contributed by atoms with E-state index in [2.05, 4.69) is 21.0 Å². The third-order valence-electron chi connectivity index (χ3n) is 2.36. The van der Waals surface area contributed by atoms with Crippen LogP contribution in [-0.2, 0) is 6.42 Å². The van der Waals surface area contributed by atoms with Gasteiger partial charge in [-0.3, -0.25) is 4.79 Å². The second-order valence-corrected chi connectivity index (χ2v) is 4.34. The lowest BCUT2D eigenvalue weighted by Crippen LogP contribution is -2.01. The molecular weight excluding hydrogens is 268 g/mol. The standard InChI is InChI=1S/C12H11BrN2O/c1-2-11-7-10(8-16)14-15(11)12-5-3-9(13)4-6-12/h3-8H,2H2,1H3. The first kappa shape index (κ1) is 11.1. The van der Waals surface area contributed by atoms with Crippen LogP contribution in [-0.4, -0.2) is 16.1 Å². The zero-order valence-electron chi connectivity index (χ0n) is 8.85. The maximum Gasteiger partial charge on any atom is 0.170 e. The Hall–Kier alpha value is -1.42. The fourth-order valence-electron chi connectivity index (χ4n) is 1.56. The molecule has 0 saturated heterocycles. The van der Waals surface area contributed by atoms with E-state index in [9.17, 15) is 4.79 Å². The summed E-state index contributed by atoms with van der Waals surface area (Å²) in [4.78, 5) is 10.7. The van der Waals surface area contributed by atoms with E-state index in [0.717, 1.165) is 28.6 Å². The molecule has 16 heavy (non-hydrogen) atoms. The van der Waals surface area contributed by atoms with Crippen molar-refractivity contribution in [2.45, 2.75) is 13.3 Å². The fraction of sp³-hybridized carbons (Fsp3) is 0.167.